The number of benzene rings is 1. The quantitative estimate of drug-likeness (QED) is 0.352. The van der Waals surface area contributed by atoms with Crippen LogP contribution in [0.3, 0.4) is 0 Å². The van der Waals surface area contributed by atoms with E-state index in [2.05, 4.69) is 31.6 Å². The molecule has 1 fully saturated rings. The Morgan fingerprint density at radius 3 is 2.88 bits per heavy atom. The highest BCUT2D eigenvalue weighted by atomic mass is 127. The zero-order valence-electron chi connectivity index (χ0n) is 14.5. The van der Waals surface area contributed by atoms with E-state index in [1.165, 1.54) is 6.07 Å². The molecule has 1 unspecified atom stereocenters. The normalized spacial score (nSPS) is 17.2. The molecule has 0 aromatic heterocycles. The molecule has 0 radical (unpaired) electrons. The minimum absolute atomic E-state index is 0. The van der Waals surface area contributed by atoms with Gasteiger partial charge in [-0.15, -0.1) is 24.0 Å². The lowest BCUT2D eigenvalue weighted by Crippen LogP contribution is -2.45. The van der Waals surface area contributed by atoms with Crippen LogP contribution in [0, 0.1) is 5.82 Å². The molecule has 1 aliphatic heterocycles. The number of nitrogens with one attached hydrogen (secondary N) is 2. The number of carbonyl (C=O) groups excluding carboxylic acids is 1. The molecule has 0 bridgehead atoms. The molecule has 25 heavy (non-hydrogen) atoms. The maximum absolute atomic E-state index is 13.8. The monoisotopic (exact) mass is 526 g/mol. The second-order valence-electron chi connectivity index (χ2n) is 5.75. The lowest BCUT2D eigenvalue weighted by atomic mass is 10.2. The summed E-state index contributed by atoms with van der Waals surface area (Å²) in [5.41, 5.74) is 0.538. The topological polar surface area (TPSA) is 56.7 Å². The average molecular weight is 527 g/mol. The van der Waals surface area contributed by atoms with Crippen molar-refractivity contribution in [3.63, 3.8) is 0 Å². The van der Waals surface area contributed by atoms with E-state index in [4.69, 9.17) is 0 Å². The summed E-state index contributed by atoms with van der Waals surface area (Å²) in [7, 11) is 0. The second kappa shape index (κ2) is 10.9. The number of guanidine groups is 1. The van der Waals surface area contributed by atoms with Crippen molar-refractivity contribution in [3.8, 4) is 0 Å². The van der Waals surface area contributed by atoms with E-state index in [1.54, 1.807) is 12.1 Å². The van der Waals surface area contributed by atoms with Crippen molar-refractivity contribution in [1.29, 1.82) is 0 Å². The van der Waals surface area contributed by atoms with Crippen LogP contribution in [-0.4, -0.2) is 42.4 Å². The number of amides is 1. The first-order chi connectivity index (χ1) is 11.5. The van der Waals surface area contributed by atoms with Gasteiger partial charge in [0.2, 0.25) is 5.91 Å². The number of aliphatic imine (C=N–C) groups is 1. The standard InChI is InChI=1S/C17H24BrFN4O.HI/c1-3-16(24)23-8-7-14(11-23)22-17(20-4-2)21-10-12-9-13(18)5-6-15(12)19;/h5-6,9,14H,3-4,7-8,10-11H2,1-2H3,(H2,20,21,22);1H. The summed E-state index contributed by atoms with van der Waals surface area (Å²) in [6.07, 6.45) is 1.42. The first-order valence-electron chi connectivity index (χ1n) is 8.30. The van der Waals surface area contributed by atoms with Gasteiger partial charge in [0, 0.05) is 42.1 Å². The van der Waals surface area contributed by atoms with Gasteiger partial charge in [-0.3, -0.25) is 4.79 Å². The smallest absolute Gasteiger partial charge is 0.222 e. The number of hydrogen-bond acceptors (Lipinski definition) is 2. The van der Waals surface area contributed by atoms with Crippen LogP contribution in [0.4, 0.5) is 4.39 Å². The molecule has 140 valence electrons. The zero-order chi connectivity index (χ0) is 17.5. The first-order valence-corrected chi connectivity index (χ1v) is 9.09. The number of halogens is 3. The Hall–Kier alpha value is -0.900. The molecule has 1 saturated heterocycles. The molecule has 1 aromatic rings. The van der Waals surface area contributed by atoms with Crippen molar-refractivity contribution < 1.29 is 9.18 Å². The van der Waals surface area contributed by atoms with Crippen LogP contribution < -0.4 is 10.6 Å². The lowest BCUT2D eigenvalue weighted by molar-refractivity contribution is -0.129. The number of likely N-dealkylation sites (tertiary alicyclic amines) is 1. The Balaban J connectivity index is 0.00000312. The molecular weight excluding hydrogens is 502 g/mol. The average Bonchev–Trinajstić information content (AvgIpc) is 3.03. The van der Waals surface area contributed by atoms with Gasteiger partial charge in [-0.05, 0) is 31.5 Å². The predicted octanol–water partition coefficient (Wildman–Crippen LogP) is 3.27. The van der Waals surface area contributed by atoms with E-state index in [0.29, 0.717) is 24.5 Å². The van der Waals surface area contributed by atoms with E-state index < -0.39 is 0 Å². The van der Waals surface area contributed by atoms with Gasteiger partial charge < -0.3 is 15.5 Å². The van der Waals surface area contributed by atoms with Crippen molar-refractivity contribution >= 4 is 51.8 Å². The number of nitrogens with zero attached hydrogens (tertiary/aromatic N) is 2. The Morgan fingerprint density at radius 1 is 1.44 bits per heavy atom. The summed E-state index contributed by atoms with van der Waals surface area (Å²) < 4.78 is 14.6. The Bertz CT molecular complexity index is 614. The van der Waals surface area contributed by atoms with E-state index in [1.807, 2.05) is 18.7 Å². The maximum atomic E-state index is 13.8. The van der Waals surface area contributed by atoms with Crippen molar-refractivity contribution in [3.05, 3.63) is 34.1 Å². The number of hydrogen-bond donors (Lipinski definition) is 2. The molecule has 1 atom stereocenters. The molecule has 1 aromatic carbocycles. The molecule has 2 N–H and O–H groups in total. The summed E-state index contributed by atoms with van der Waals surface area (Å²) in [5.74, 6) is 0.559. The van der Waals surface area contributed by atoms with Crippen molar-refractivity contribution in [1.82, 2.24) is 15.5 Å². The van der Waals surface area contributed by atoms with Crippen LogP contribution >= 0.6 is 39.9 Å². The largest absolute Gasteiger partial charge is 0.357 e. The molecule has 0 spiro atoms. The van der Waals surface area contributed by atoms with Gasteiger partial charge in [-0.25, -0.2) is 9.38 Å². The van der Waals surface area contributed by atoms with Crippen LogP contribution in [0.15, 0.2) is 27.7 Å². The maximum Gasteiger partial charge on any atom is 0.222 e. The molecule has 0 aliphatic carbocycles. The second-order valence-corrected chi connectivity index (χ2v) is 6.67. The molecule has 2 rings (SSSR count). The third-order valence-corrected chi connectivity index (χ3v) is 4.44. The van der Waals surface area contributed by atoms with E-state index in [9.17, 15) is 9.18 Å². The van der Waals surface area contributed by atoms with Crippen LogP contribution in [-0.2, 0) is 11.3 Å². The van der Waals surface area contributed by atoms with Gasteiger partial charge in [0.1, 0.15) is 5.82 Å². The first kappa shape index (κ1) is 22.1. The molecule has 1 aliphatic rings. The van der Waals surface area contributed by atoms with Gasteiger partial charge in [-0.1, -0.05) is 22.9 Å². The van der Waals surface area contributed by atoms with Gasteiger partial charge in [0.05, 0.1) is 6.54 Å². The zero-order valence-corrected chi connectivity index (χ0v) is 18.4. The third kappa shape index (κ3) is 6.73. The molecule has 5 nitrogen and oxygen atoms in total. The van der Waals surface area contributed by atoms with Gasteiger partial charge in [0.15, 0.2) is 5.96 Å². The summed E-state index contributed by atoms with van der Waals surface area (Å²) >= 11 is 3.35. The Morgan fingerprint density at radius 2 is 2.20 bits per heavy atom. The molecular formula is C17H25BrFIN4O. The summed E-state index contributed by atoms with van der Waals surface area (Å²) in [6.45, 7) is 6.29. The summed E-state index contributed by atoms with van der Waals surface area (Å²) in [6, 6.07) is 5.01. The molecule has 0 saturated carbocycles. The van der Waals surface area contributed by atoms with E-state index >= 15 is 0 Å². The minimum Gasteiger partial charge on any atom is -0.357 e. The van der Waals surface area contributed by atoms with Crippen LogP contribution in [0.5, 0.6) is 0 Å². The van der Waals surface area contributed by atoms with Crippen LogP contribution in [0.2, 0.25) is 0 Å². The van der Waals surface area contributed by atoms with Crippen molar-refractivity contribution in [2.45, 2.75) is 39.3 Å². The van der Waals surface area contributed by atoms with Crippen molar-refractivity contribution in [2.24, 2.45) is 4.99 Å². The van der Waals surface area contributed by atoms with Gasteiger partial charge in [0.25, 0.3) is 0 Å². The molecule has 1 heterocycles. The highest BCUT2D eigenvalue weighted by molar-refractivity contribution is 14.0. The fraction of sp³-hybridized carbons (Fsp3) is 0.529. The molecule has 8 heteroatoms. The van der Waals surface area contributed by atoms with Gasteiger partial charge in [-0.2, -0.15) is 0 Å². The van der Waals surface area contributed by atoms with Crippen molar-refractivity contribution in [2.75, 3.05) is 19.6 Å². The molecule has 1 amide bonds. The fourth-order valence-electron chi connectivity index (χ4n) is 2.67. The minimum atomic E-state index is -0.265. The van der Waals surface area contributed by atoms with Gasteiger partial charge >= 0.3 is 0 Å². The third-order valence-electron chi connectivity index (χ3n) is 3.94. The van der Waals surface area contributed by atoms with Crippen LogP contribution in [0.1, 0.15) is 32.3 Å². The highest BCUT2D eigenvalue weighted by Crippen LogP contribution is 2.16. The highest BCUT2D eigenvalue weighted by Gasteiger charge is 2.25. The fourth-order valence-corrected chi connectivity index (χ4v) is 3.08. The number of rotatable bonds is 5. The van der Waals surface area contributed by atoms with Crippen LogP contribution in [0.25, 0.3) is 0 Å². The Kier molecular flexibility index (Phi) is 9.70. The Labute approximate surface area is 174 Å². The number of carbonyl (C=O) groups is 1. The predicted molar refractivity (Wildman–Crippen MR) is 113 cm³/mol. The lowest BCUT2D eigenvalue weighted by Gasteiger charge is -2.18. The van der Waals surface area contributed by atoms with E-state index in [-0.39, 0.29) is 48.3 Å². The summed E-state index contributed by atoms with van der Waals surface area (Å²) in [4.78, 5) is 18.1. The summed E-state index contributed by atoms with van der Waals surface area (Å²) in [5, 5.41) is 6.51. The van der Waals surface area contributed by atoms with E-state index in [0.717, 1.165) is 24.0 Å². The SMILES string of the molecule is CCNC(=NCc1cc(Br)ccc1F)NC1CCN(C(=O)CC)C1.I.